The smallest absolute Gasteiger partial charge is 0.128 e. The summed E-state index contributed by atoms with van der Waals surface area (Å²) in [5.74, 6) is 1.45. The Labute approximate surface area is 130 Å². The monoisotopic (exact) mass is 313 g/mol. The number of rotatable bonds is 3. The van der Waals surface area contributed by atoms with Crippen LogP contribution in [0.5, 0.6) is 0 Å². The molecule has 0 atom stereocenters. The first-order valence-electron chi connectivity index (χ1n) is 7.47. The molecule has 1 aromatic rings. The summed E-state index contributed by atoms with van der Waals surface area (Å²) in [6.07, 6.45) is 7.30. The summed E-state index contributed by atoms with van der Waals surface area (Å²) in [7, 11) is 0. The van der Waals surface area contributed by atoms with E-state index >= 15 is 0 Å². The third-order valence-corrected chi connectivity index (χ3v) is 5.17. The third-order valence-electron chi connectivity index (χ3n) is 4.54. The summed E-state index contributed by atoms with van der Waals surface area (Å²) in [6.45, 7) is 4.38. The number of anilines is 1. The molecule has 0 bridgehead atoms. The maximum absolute atomic E-state index is 6.07. The van der Waals surface area contributed by atoms with E-state index in [-0.39, 0.29) is 0 Å². The number of aromatic nitrogens is 1. The average Bonchev–Trinajstić information content (AvgIpc) is 3.02. The number of pyridine rings is 1. The molecule has 0 unspecified atom stereocenters. The zero-order chi connectivity index (χ0) is 13.9. The van der Waals surface area contributed by atoms with Crippen LogP contribution in [0.4, 0.5) is 5.82 Å². The molecule has 1 aliphatic carbocycles. The molecule has 0 spiro atoms. The Kier molecular flexibility index (Phi) is 4.69. The normalized spacial score (nSPS) is 21.6. The fraction of sp³-hybridized carbons (Fsp3) is 0.667. The van der Waals surface area contributed by atoms with E-state index in [4.69, 9.17) is 23.2 Å². The van der Waals surface area contributed by atoms with Crippen molar-refractivity contribution in [2.75, 3.05) is 31.1 Å². The predicted molar refractivity (Wildman–Crippen MR) is 84.8 cm³/mol. The molecular formula is C15H21Cl2N3. The minimum absolute atomic E-state index is 0.441. The highest BCUT2D eigenvalue weighted by Crippen LogP contribution is 2.26. The third kappa shape index (κ3) is 3.05. The Morgan fingerprint density at radius 1 is 1.15 bits per heavy atom. The van der Waals surface area contributed by atoms with Gasteiger partial charge < -0.3 is 4.90 Å². The van der Waals surface area contributed by atoms with Crippen molar-refractivity contribution in [3.63, 3.8) is 0 Å². The van der Waals surface area contributed by atoms with Gasteiger partial charge in [0.15, 0.2) is 0 Å². The fourth-order valence-corrected chi connectivity index (χ4v) is 3.79. The molecule has 2 fully saturated rings. The highest BCUT2D eigenvalue weighted by molar-refractivity contribution is 6.32. The van der Waals surface area contributed by atoms with E-state index in [1.165, 1.54) is 25.7 Å². The summed E-state index contributed by atoms with van der Waals surface area (Å²) in [5.41, 5.74) is 0.969. The first-order valence-corrected chi connectivity index (χ1v) is 8.38. The first kappa shape index (κ1) is 14.4. The number of hydrogen-bond acceptors (Lipinski definition) is 3. The van der Waals surface area contributed by atoms with Crippen LogP contribution in [0.2, 0.25) is 5.02 Å². The van der Waals surface area contributed by atoms with Gasteiger partial charge >= 0.3 is 0 Å². The lowest BCUT2D eigenvalue weighted by atomic mass is 10.1. The Morgan fingerprint density at radius 3 is 2.50 bits per heavy atom. The van der Waals surface area contributed by atoms with Gasteiger partial charge in [-0.15, -0.1) is 11.6 Å². The number of piperazine rings is 1. The van der Waals surface area contributed by atoms with Crippen molar-refractivity contribution < 1.29 is 0 Å². The Bertz CT molecular complexity index is 452. The van der Waals surface area contributed by atoms with Crippen molar-refractivity contribution in [2.24, 2.45) is 0 Å². The summed E-state index contributed by atoms with van der Waals surface area (Å²) >= 11 is 12.0. The van der Waals surface area contributed by atoms with Crippen molar-refractivity contribution in [1.29, 1.82) is 0 Å². The molecule has 1 saturated heterocycles. The van der Waals surface area contributed by atoms with Crippen LogP contribution in [0.15, 0.2) is 12.3 Å². The van der Waals surface area contributed by atoms with E-state index in [0.717, 1.165) is 43.6 Å². The highest BCUT2D eigenvalue weighted by atomic mass is 35.5. The first-order chi connectivity index (χ1) is 9.78. The second kappa shape index (κ2) is 6.50. The largest absolute Gasteiger partial charge is 0.354 e. The molecule has 2 heterocycles. The van der Waals surface area contributed by atoms with E-state index in [1.807, 2.05) is 6.07 Å². The van der Waals surface area contributed by atoms with Gasteiger partial charge in [0.25, 0.3) is 0 Å². The molecule has 0 aromatic carbocycles. The van der Waals surface area contributed by atoms with Gasteiger partial charge in [0.2, 0.25) is 0 Å². The number of alkyl halides is 1. The van der Waals surface area contributed by atoms with E-state index < -0.39 is 0 Å². The topological polar surface area (TPSA) is 19.4 Å². The van der Waals surface area contributed by atoms with Gasteiger partial charge in [-0.25, -0.2) is 4.98 Å². The van der Waals surface area contributed by atoms with Crippen molar-refractivity contribution in [1.82, 2.24) is 9.88 Å². The maximum Gasteiger partial charge on any atom is 0.128 e. The SMILES string of the molecule is ClCc1cc(N2CCN(C3CCCC3)CC2)ncc1Cl. The van der Waals surface area contributed by atoms with Crippen molar-refractivity contribution in [3.8, 4) is 0 Å². The van der Waals surface area contributed by atoms with Crippen LogP contribution in [0.25, 0.3) is 0 Å². The zero-order valence-corrected chi connectivity index (χ0v) is 13.2. The van der Waals surface area contributed by atoms with E-state index in [0.29, 0.717) is 10.9 Å². The molecule has 3 nitrogen and oxygen atoms in total. The quantitative estimate of drug-likeness (QED) is 0.796. The summed E-state index contributed by atoms with van der Waals surface area (Å²) in [5, 5.41) is 0.661. The van der Waals surface area contributed by atoms with Crippen molar-refractivity contribution in [2.45, 2.75) is 37.6 Å². The molecule has 0 radical (unpaired) electrons. The molecule has 1 aliphatic heterocycles. The average molecular weight is 314 g/mol. The minimum atomic E-state index is 0.441. The van der Waals surface area contributed by atoms with Crippen LogP contribution in [0, 0.1) is 0 Å². The highest BCUT2D eigenvalue weighted by Gasteiger charge is 2.26. The molecule has 0 amide bonds. The molecule has 20 heavy (non-hydrogen) atoms. The van der Waals surface area contributed by atoms with Gasteiger partial charge in [0, 0.05) is 44.3 Å². The van der Waals surface area contributed by atoms with Gasteiger partial charge in [-0.2, -0.15) is 0 Å². The van der Waals surface area contributed by atoms with E-state index in [1.54, 1.807) is 6.20 Å². The van der Waals surface area contributed by atoms with E-state index in [2.05, 4.69) is 14.8 Å². The minimum Gasteiger partial charge on any atom is -0.354 e. The van der Waals surface area contributed by atoms with Crippen LogP contribution in [-0.2, 0) is 5.88 Å². The van der Waals surface area contributed by atoms with Crippen LogP contribution in [0.1, 0.15) is 31.2 Å². The van der Waals surface area contributed by atoms with Crippen LogP contribution < -0.4 is 4.90 Å². The number of halogens is 2. The maximum atomic E-state index is 6.07. The molecule has 2 aliphatic rings. The van der Waals surface area contributed by atoms with Crippen molar-refractivity contribution >= 4 is 29.0 Å². The Morgan fingerprint density at radius 2 is 1.85 bits per heavy atom. The lowest BCUT2D eigenvalue weighted by Crippen LogP contribution is -2.50. The summed E-state index contributed by atoms with van der Waals surface area (Å²) in [4.78, 5) is 9.45. The van der Waals surface area contributed by atoms with Gasteiger partial charge in [0.05, 0.1) is 5.02 Å². The van der Waals surface area contributed by atoms with Crippen molar-refractivity contribution in [3.05, 3.63) is 22.8 Å². The molecule has 110 valence electrons. The standard InChI is InChI=1S/C15H21Cl2N3/c16-10-12-9-15(18-11-14(12)17)20-7-5-19(6-8-20)13-3-1-2-4-13/h9,11,13H,1-8,10H2. The molecule has 1 aromatic heterocycles. The number of nitrogens with zero attached hydrogens (tertiary/aromatic N) is 3. The van der Waals surface area contributed by atoms with Gasteiger partial charge in [-0.3, -0.25) is 4.90 Å². The van der Waals surface area contributed by atoms with Gasteiger partial charge in [-0.05, 0) is 24.5 Å². The van der Waals surface area contributed by atoms with Gasteiger partial charge in [0.1, 0.15) is 5.82 Å². The second-order valence-corrected chi connectivity index (χ2v) is 6.40. The van der Waals surface area contributed by atoms with Crippen LogP contribution in [-0.4, -0.2) is 42.1 Å². The summed E-state index contributed by atoms with van der Waals surface area (Å²) in [6, 6.07) is 2.86. The second-order valence-electron chi connectivity index (χ2n) is 5.73. The predicted octanol–water partition coefficient (Wildman–Crippen LogP) is 3.54. The molecular weight excluding hydrogens is 293 g/mol. The molecule has 3 rings (SSSR count). The lowest BCUT2D eigenvalue weighted by molar-refractivity contribution is 0.187. The Hall–Kier alpha value is -0.510. The zero-order valence-electron chi connectivity index (χ0n) is 11.7. The molecule has 5 heteroatoms. The molecule has 0 N–H and O–H groups in total. The Balaban J connectivity index is 1.62. The van der Waals surface area contributed by atoms with Crippen LogP contribution >= 0.6 is 23.2 Å². The summed E-state index contributed by atoms with van der Waals surface area (Å²) < 4.78 is 0. The van der Waals surface area contributed by atoms with E-state index in [9.17, 15) is 0 Å². The van der Waals surface area contributed by atoms with Crippen LogP contribution in [0.3, 0.4) is 0 Å². The fourth-order valence-electron chi connectivity index (χ4n) is 3.33. The lowest BCUT2D eigenvalue weighted by Gasteiger charge is -2.38. The van der Waals surface area contributed by atoms with Gasteiger partial charge in [-0.1, -0.05) is 24.4 Å². The molecule has 1 saturated carbocycles. The number of hydrogen-bond donors (Lipinski definition) is 0.